The highest BCUT2D eigenvalue weighted by molar-refractivity contribution is 9.09. The lowest BCUT2D eigenvalue weighted by Crippen LogP contribution is -2.21. The Morgan fingerprint density at radius 3 is 2.69 bits per heavy atom. The van der Waals surface area contributed by atoms with E-state index in [4.69, 9.17) is 0 Å². The summed E-state index contributed by atoms with van der Waals surface area (Å²) in [7, 11) is 0. The van der Waals surface area contributed by atoms with Gasteiger partial charge >= 0.3 is 0 Å². The Morgan fingerprint density at radius 2 is 2.00 bits per heavy atom. The molecule has 1 heteroatoms. The van der Waals surface area contributed by atoms with E-state index in [1.165, 1.54) is 37.4 Å². The van der Waals surface area contributed by atoms with Crippen molar-refractivity contribution in [3.8, 4) is 0 Å². The van der Waals surface area contributed by atoms with Crippen LogP contribution in [-0.4, -0.2) is 5.33 Å². The maximum Gasteiger partial charge on any atom is 0.00654 e. The highest BCUT2D eigenvalue weighted by Gasteiger charge is 2.58. The first-order valence-electron chi connectivity index (χ1n) is 6.48. The van der Waals surface area contributed by atoms with Gasteiger partial charge in [0.25, 0.3) is 0 Å². The number of hydrogen-bond acceptors (Lipinski definition) is 0. The van der Waals surface area contributed by atoms with Gasteiger partial charge in [0.1, 0.15) is 0 Å². The van der Waals surface area contributed by atoms with Gasteiger partial charge in [0.15, 0.2) is 0 Å². The van der Waals surface area contributed by atoms with Crippen molar-refractivity contribution in [1.82, 2.24) is 0 Å². The van der Waals surface area contributed by atoms with Gasteiger partial charge < -0.3 is 0 Å². The third-order valence-corrected chi connectivity index (χ3v) is 5.53. The molecule has 2 aliphatic carbocycles. The predicted molar refractivity (Wildman–Crippen MR) is 72.0 cm³/mol. The molecule has 0 heterocycles. The number of hydrogen-bond donors (Lipinski definition) is 0. The summed E-state index contributed by atoms with van der Waals surface area (Å²) >= 11 is 3.69. The van der Waals surface area contributed by atoms with E-state index in [2.05, 4.69) is 46.3 Å². The molecular formula is C15H19Br. The third-order valence-electron chi connectivity index (χ3n) is 4.75. The lowest BCUT2D eigenvalue weighted by Gasteiger charge is -2.33. The molecule has 0 saturated heterocycles. The second-order valence-corrected chi connectivity index (χ2v) is 6.15. The molecule has 0 bridgehead atoms. The summed E-state index contributed by atoms with van der Waals surface area (Å²) in [6.07, 6.45) is 7.21. The van der Waals surface area contributed by atoms with Crippen LogP contribution < -0.4 is 0 Å². The van der Waals surface area contributed by atoms with Gasteiger partial charge in [-0.05, 0) is 42.1 Å². The highest BCUT2D eigenvalue weighted by atomic mass is 79.9. The topological polar surface area (TPSA) is 0 Å². The molecule has 0 aliphatic heterocycles. The maximum atomic E-state index is 3.69. The molecule has 0 N–H and O–H groups in total. The summed E-state index contributed by atoms with van der Waals surface area (Å²) < 4.78 is 0. The van der Waals surface area contributed by atoms with Gasteiger partial charge in [-0.3, -0.25) is 0 Å². The molecule has 2 aliphatic rings. The summed E-state index contributed by atoms with van der Waals surface area (Å²) in [5.41, 5.74) is 2.26. The van der Waals surface area contributed by atoms with Crippen LogP contribution in [0.4, 0.5) is 0 Å². The predicted octanol–water partition coefficient (Wildman–Crippen LogP) is 4.75. The molecule has 2 fully saturated rings. The second-order valence-electron chi connectivity index (χ2n) is 5.50. The van der Waals surface area contributed by atoms with Crippen molar-refractivity contribution in [3.63, 3.8) is 0 Å². The smallest absolute Gasteiger partial charge is 0.00654 e. The zero-order valence-corrected chi connectivity index (χ0v) is 11.2. The van der Waals surface area contributed by atoms with Crippen molar-refractivity contribution in [1.29, 1.82) is 0 Å². The van der Waals surface area contributed by atoms with Crippen molar-refractivity contribution in [3.05, 3.63) is 35.9 Å². The Kier molecular flexibility index (Phi) is 2.83. The summed E-state index contributed by atoms with van der Waals surface area (Å²) in [5.74, 6) is 1.78. The number of benzene rings is 1. The molecule has 1 aromatic carbocycles. The van der Waals surface area contributed by atoms with Crippen LogP contribution in [0.25, 0.3) is 0 Å². The lowest BCUT2D eigenvalue weighted by atomic mass is 9.71. The number of alkyl halides is 1. The van der Waals surface area contributed by atoms with Crippen molar-refractivity contribution in [2.24, 2.45) is 11.3 Å². The van der Waals surface area contributed by atoms with Crippen molar-refractivity contribution in [2.45, 2.75) is 38.0 Å². The van der Waals surface area contributed by atoms with E-state index in [1.807, 2.05) is 0 Å². The fourth-order valence-corrected chi connectivity index (χ4v) is 4.66. The van der Waals surface area contributed by atoms with E-state index in [0.29, 0.717) is 5.41 Å². The van der Waals surface area contributed by atoms with Crippen LogP contribution in [0.3, 0.4) is 0 Å². The quantitative estimate of drug-likeness (QED) is 0.685. The number of halogens is 1. The third kappa shape index (κ3) is 1.64. The van der Waals surface area contributed by atoms with Crippen LogP contribution in [0.5, 0.6) is 0 Å². The molecular weight excluding hydrogens is 260 g/mol. The van der Waals surface area contributed by atoms with E-state index in [0.717, 1.165) is 11.8 Å². The molecule has 3 unspecified atom stereocenters. The van der Waals surface area contributed by atoms with Gasteiger partial charge in [0.2, 0.25) is 0 Å². The van der Waals surface area contributed by atoms with Crippen LogP contribution in [0.15, 0.2) is 30.3 Å². The van der Waals surface area contributed by atoms with Crippen LogP contribution in [0.2, 0.25) is 0 Å². The summed E-state index contributed by atoms with van der Waals surface area (Å²) in [6, 6.07) is 11.2. The monoisotopic (exact) mass is 278 g/mol. The molecule has 3 rings (SSSR count). The molecule has 16 heavy (non-hydrogen) atoms. The molecule has 0 aromatic heterocycles. The zero-order valence-electron chi connectivity index (χ0n) is 9.66. The Labute approximate surface area is 107 Å². The Hall–Kier alpha value is -0.300. The Balaban J connectivity index is 1.88. The summed E-state index contributed by atoms with van der Waals surface area (Å²) in [5, 5.41) is 1.20. The minimum absolute atomic E-state index is 0.670. The zero-order chi connectivity index (χ0) is 11.0. The first kappa shape index (κ1) is 10.8. The van der Waals surface area contributed by atoms with E-state index >= 15 is 0 Å². The number of rotatable bonds is 2. The van der Waals surface area contributed by atoms with Gasteiger partial charge in [-0.25, -0.2) is 0 Å². The Bertz CT molecular complexity index is 359. The van der Waals surface area contributed by atoms with Gasteiger partial charge in [-0.1, -0.05) is 59.1 Å². The minimum Gasteiger partial charge on any atom is -0.0925 e. The normalized spacial score (nSPS) is 37.6. The first-order chi connectivity index (χ1) is 7.87. The first-order valence-corrected chi connectivity index (χ1v) is 7.60. The molecule has 3 atom stereocenters. The van der Waals surface area contributed by atoms with Gasteiger partial charge in [-0.2, -0.15) is 0 Å². The molecule has 1 spiro atoms. The van der Waals surface area contributed by atoms with E-state index in [1.54, 1.807) is 5.56 Å². The molecule has 0 amide bonds. The van der Waals surface area contributed by atoms with Crippen molar-refractivity contribution >= 4 is 15.9 Å². The summed E-state index contributed by atoms with van der Waals surface area (Å²) in [4.78, 5) is 0. The average molecular weight is 279 g/mol. The molecule has 2 saturated carbocycles. The summed E-state index contributed by atoms with van der Waals surface area (Å²) in [6.45, 7) is 0. The molecule has 86 valence electrons. The lowest BCUT2D eigenvalue weighted by molar-refractivity contribution is 0.265. The SMILES string of the molecule is BrCC1CC12CCCCC2c1ccccc1. The average Bonchev–Trinajstić information content (AvgIpc) is 3.05. The van der Waals surface area contributed by atoms with E-state index < -0.39 is 0 Å². The van der Waals surface area contributed by atoms with Gasteiger partial charge in [0, 0.05) is 5.33 Å². The van der Waals surface area contributed by atoms with Crippen LogP contribution in [0.1, 0.15) is 43.6 Å². The van der Waals surface area contributed by atoms with Crippen molar-refractivity contribution in [2.75, 3.05) is 5.33 Å². The molecule has 0 nitrogen and oxygen atoms in total. The van der Waals surface area contributed by atoms with Crippen LogP contribution in [0, 0.1) is 11.3 Å². The minimum atomic E-state index is 0.670. The Morgan fingerprint density at radius 1 is 1.19 bits per heavy atom. The second kappa shape index (κ2) is 4.18. The van der Waals surface area contributed by atoms with Gasteiger partial charge in [-0.15, -0.1) is 0 Å². The fourth-order valence-electron chi connectivity index (χ4n) is 3.79. The van der Waals surface area contributed by atoms with Crippen molar-refractivity contribution < 1.29 is 0 Å². The van der Waals surface area contributed by atoms with Gasteiger partial charge in [0.05, 0.1) is 0 Å². The van der Waals surface area contributed by atoms with Crippen LogP contribution in [-0.2, 0) is 0 Å². The largest absolute Gasteiger partial charge is 0.0925 e. The van der Waals surface area contributed by atoms with Crippen LogP contribution >= 0.6 is 15.9 Å². The maximum absolute atomic E-state index is 3.69. The van der Waals surface area contributed by atoms with E-state index in [9.17, 15) is 0 Å². The highest BCUT2D eigenvalue weighted by Crippen LogP contribution is 2.67. The molecule has 0 radical (unpaired) electrons. The standard InChI is InChI=1S/C15H19Br/c16-11-13-10-15(13)9-5-4-8-14(15)12-6-2-1-3-7-12/h1-3,6-7,13-14H,4-5,8-11H2. The van der Waals surface area contributed by atoms with E-state index in [-0.39, 0.29) is 0 Å². The molecule has 1 aromatic rings. The fraction of sp³-hybridized carbons (Fsp3) is 0.600.